The molecule has 1 aliphatic heterocycles. The summed E-state index contributed by atoms with van der Waals surface area (Å²) in [6.45, 7) is 5.30. The molecule has 0 saturated carbocycles. The van der Waals surface area contributed by atoms with Crippen molar-refractivity contribution in [2.45, 2.75) is 32.6 Å². The van der Waals surface area contributed by atoms with Crippen LogP contribution in [-0.2, 0) is 10.0 Å². The van der Waals surface area contributed by atoms with E-state index in [9.17, 15) is 8.42 Å². The fourth-order valence-electron chi connectivity index (χ4n) is 1.77. The number of rotatable bonds is 7. The molecule has 1 rings (SSSR count). The fourth-order valence-corrected chi connectivity index (χ4v) is 3.30. The molecule has 0 aromatic heterocycles. The summed E-state index contributed by atoms with van der Waals surface area (Å²) in [7, 11) is -2.89. The molecule has 0 atom stereocenters. The van der Waals surface area contributed by atoms with Crippen molar-refractivity contribution in [3.63, 3.8) is 0 Å². The summed E-state index contributed by atoms with van der Waals surface area (Å²) in [5, 5.41) is 3.28. The predicted octanol–water partition coefficient (Wildman–Crippen LogP) is 0.802. The van der Waals surface area contributed by atoms with Gasteiger partial charge in [0.25, 0.3) is 0 Å². The van der Waals surface area contributed by atoms with Gasteiger partial charge in [-0.1, -0.05) is 19.8 Å². The molecule has 90 valence electrons. The second-order valence-corrected chi connectivity index (χ2v) is 6.11. The second kappa shape index (κ2) is 6.45. The monoisotopic (exact) mass is 234 g/mol. The molecule has 1 saturated heterocycles. The van der Waals surface area contributed by atoms with Crippen molar-refractivity contribution in [2.75, 3.05) is 31.9 Å². The Kier molecular flexibility index (Phi) is 5.56. The van der Waals surface area contributed by atoms with Gasteiger partial charge in [-0.2, -0.15) is 0 Å². The molecule has 0 unspecified atom stereocenters. The van der Waals surface area contributed by atoms with Crippen LogP contribution in [0.2, 0.25) is 0 Å². The van der Waals surface area contributed by atoms with Gasteiger partial charge < -0.3 is 5.32 Å². The quantitative estimate of drug-likeness (QED) is 0.663. The summed E-state index contributed by atoms with van der Waals surface area (Å²) in [6, 6.07) is 0. The third kappa shape index (κ3) is 4.49. The van der Waals surface area contributed by atoms with Crippen LogP contribution in [0, 0.1) is 0 Å². The minimum Gasteiger partial charge on any atom is -0.315 e. The average molecular weight is 234 g/mol. The maximum Gasteiger partial charge on any atom is 0.214 e. The molecule has 0 amide bonds. The number of unbranched alkanes of at least 4 members (excludes halogenated alkanes) is 2. The molecule has 0 bridgehead atoms. The van der Waals surface area contributed by atoms with Gasteiger partial charge in [-0.05, 0) is 19.4 Å². The van der Waals surface area contributed by atoms with Gasteiger partial charge in [0, 0.05) is 19.6 Å². The highest BCUT2D eigenvalue weighted by Crippen LogP contribution is 2.11. The maximum atomic E-state index is 11.4. The van der Waals surface area contributed by atoms with Gasteiger partial charge in [-0.15, -0.1) is 0 Å². The highest BCUT2D eigenvalue weighted by Gasteiger charge is 2.27. The van der Waals surface area contributed by atoms with E-state index in [4.69, 9.17) is 0 Å². The molecule has 0 aromatic carbocycles. The van der Waals surface area contributed by atoms with Crippen LogP contribution in [0.4, 0.5) is 0 Å². The van der Waals surface area contributed by atoms with Crippen molar-refractivity contribution in [1.82, 2.24) is 9.62 Å². The summed E-state index contributed by atoms with van der Waals surface area (Å²) in [5.41, 5.74) is 0. The first-order chi connectivity index (χ1) is 7.17. The zero-order valence-electron chi connectivity index (χ0n) is 9.54. The van der Waals surface area contributed by atoms with Gasteiger partial charge in [0.15, 0.2) is 0 Å². The smallest absolute Gasteiger partial charge is 0.214 e. The van der Waals surface area contributed by atoms with E-state index < -0.39 is 10.0 Å². The molecule has 4 nitrogen and oxygen atoms in total. The summed E-state index contributed by atoms with van der Waals surface area (Å²) in [6.07, 6.45) is 4.44. The summed E-state index contributed by atoms with van der Waals surface area (Å²) >= 11 is 0. The first-order valence-corrected chi connectivity index (χ1v) is 7.46. The van der Waals surface area contributed by atoms with E-state index in [1.54, 1.807) is 4.31 Å². The zero-order valence-corrected chi connectivity index (χ0v) is 10.4. The van der Waals surface area contributed by atoms with Gasteiger partial charge in [0.1, 0.15) is 0 Å². The Morgan fingerprint density at radius 3 is 2.67 bits per heavy atom. The van der Waals surface area contributed by atoms with E-state index in [2.05, 4.69) is 12.2 Å². The largest absolute Gasteiger partial charge is 0.315 e. The third-order valence-electron chi connectivity index (χ3n) is 2.70. The standard InChI is InChI=1S/C10H22N2O2S/c1-2-3-4-6-11-7-9-12-8-5-10-15(12,13)14/h11H,2-10H2,1H3. The molecule has 15 heavy (non-hydrogen) atoms. The minimum absolute atomic E-state index is 0.336. The Morgan fingerprint density at radius 2 is 2.07 bits per heavy atom. The molecule has 0 spiro atoms. The number of nitrogens with one attached hydrogen (secondary N) is 1. The Morgan fingerprint density at radius 1 is 1.27 bits per heavy atom. The van der Waals surface area contributed by atoms with Gasteiger partial charge in [-0.3, -0.25) is 0 Å². The van der Waals surface area contributed by atoms with Gasteiger partial charge in [-0.25, -0.2) is 12.7 Å². The van der Waals surface area contributed by atoms with E-state index >= 15 is 0 Å². The van der Waals surface area contributed by atoms with E-state index in [1.807, 2.05) is 0 Å². The van der Waals surface area contributed by atoms with Gasteiger partial charge >= 0.3 is 0 Å². The average Bonchev–Trinajstić information content (AvgIpc) is 2.52. The minimum atomic E-state index is -2.89. The number of hydrogen-bond donors (Lipinski definition) is 1. The fraction of sp³-hybridized carbons (Fsp3) is 1.00. The molecule has 0 radical (unpaired) electrons. The van der Waals surface area contributed by atoms with Crippen LogP contribution < -0.4 is 5.32 Å². The lowest BCUT2D eigenvalue weighted by molar-refractivity contribution is 0.432. The Hall–Kier alpha value is -0.130. The molecule has 1 aliphatic rings. The summed E-state index contributed by atoms with van der Waals surface area (Å²) < 4.78 is 24.4. The van der Waals surface area contributed by atoms with Crippen molar-refractivity contribution in [2.24, 2.45) is 0 Å². The Balaban J connectivity index is 2.05. The molecular formula is C10H22N2O2S. The first kappa shape index (κ1) is 12.9. The van der Waals surface area contributed by atoms with Crippen molar-refractivity contribution in [3.05, 3.63) is 0 Å². The SMILES string of the molecule is CCCCCNCCN1CCCS1(=O)=O. The van der Waals surface area contributed by atoms with E-state index in [0.717, 1.165) is 19.5 Å². The lowest BCUT2D eigenvalue weighted by atomic mass is 10.2. The highest BCUT2D eigenvalue weighted by atomic mass is 32.2. The van der Waals surface area contributed by atoms with Crippen LogP contribution in [0.15, 0.2) is 0 Å². The molecule has 1 heterocycles. The normalized spacial score (nSPS) is 20.9. The first-order valence-electron chi connectivity index (χ1n) is 5.85. The zero-order chi connectivity index (χ0) is 11.1. The number of hydrogen-bond acceptors (Lipinski definition) is 3. The van der Waals surface area contributed by atoms with E-state index in [1.165, 1.54) is 19.3 Å². The van der Waals surface area contributed by atoms with E-state index in [-0.39, 0.29) is 0 Å². The number of sulfonamides is 1. The third-order valence-corrected chi connectivity index (χ3v) is 4.65. The van der Waals surface area contributed by atoms with Crippen LogP contribution in [-0.4, -0.2) is 44.7 Å². The van der Waals surface area contributed by atoms with Crippen molar-refractivity contribution < 1.29 is 8.42 Å². The number of nitrogens with zero attached hydrogens (tertiary/aromatic N) is 1. The topological polar surface area (TPSA) is 49.4 Å². The molecule has 1 N–H and O–H groups in total. The van der Waals surface area contributed by atoms with Gasteiger partial charge in [0.2, 0.25) is 10.0 Å². The summed E-state index contributed by atoms with van der Waals surface area (Å²) in [5.74, 6) is 0.336. The molecule has 0 aliphatic carbocycles. The van der Waals surface area contributed by atoms with E-state index in [0.29, 0.717) is 18.8 Å². The highest BCUT2D eigenvalue weighted by molar-refractivity contribution is 7.89. The predicted molar refractivity (Wildman–Crippen MR) is 62.4 cm³/mol. The van der Waals surface area contributed by atoms with Crippen LogP contribution >= 0.6 is 0 Å². The van der Waals surface area contributed by atoms with Crippen LogP contribution in [0.1, 0.15) is 32.6 Å². The maximum absolute atomic E-state index is 11.4. The van der Waals surface area contributed by atoms with Crippen LogP contribution in [0.25, 0.3) is 0 Å². The molecule has 5 heteroatoms. The van der Waals surface area contributed by atoms with Crippen molar-refractivity contribution >= 4 is 10.0 Å². The van der Waals surface area contributed by atoms with Crippen molar-refractivity contribution in [3.8, 4) is 0 Å². The van der Waals surface area contributed by atoms with Crippen LogP contribution in [0.5, 0.6) is 0 Å². The van der Waals surface area contributed by atoms with Gasteiger partial charge in [0.05, 0.1) is 5.75 Å². The molecular weight excluding hydrogens is 212 g/mol. The summed E-state index contributed by atoms with van der Waals surface area (Å²) in [4.78, 5) is 0. The second-order valence-electron chi connectivity index (χ2n) is 4.03. The Labute approximate surface area is 93.1 Å². The van der Waals surface area contributed by atoms with Crippen LogP contribution in [0.3, 0.4) is 0 Å². The Bertz CT molecular complexity index is 265. The lowest BCUT2D eigenvalue weighted by Crippen LogP contribution is -2.33. The lowest BCUT2D eigenvalue weighted by Gasteiger charge is -2.14. The van der Waals surface area contributed by atoms with Crippen molar-refractivity contribution in [1.29, 1.82) is 0 Å². The molecule has 1 fully saturated rings. The molecule has 0 aromatic rings.